The lowest BCUT2D eigenvalue weighted by Crippen LogP contribution is -3.13. The van der Waals surface area contributed by atoms with Gasteiger partial charge in [-0.3, -0.25) is 0 Å². The van der Waals surface area contributed by atoms with Crippen molar-refractivity contribution in [3.63, 3.8) is 0 Å². The SMILES string of the molecule is COc1cccc(N2CC[NH+](Cc3csc(Nc4ccc(C)cc4)n3)CC2)c1. The molecule has 0 bridgehead atoms. The summed E-state index contributed by atoms with van der Waals surface area (Å²) in [4.78, 5) is 8.81. The molecule has 1 aromatic heterocycles. The summed E-state index contributed by atoms with van der Waals surface area (Å²) < 4.78 is 5.35. The average molecular weight is 396 g/mol. The van der Waals surface area contributed by atoms with Crippen LogP contribution in [0.15, 0.2) is 53.9 Å². The van der Waals surface area contributed by atoms with Crippen LogP contribution in [0.2, 0.25) is 0 Å². The van der Waals surface area contributed by atoms with Crippen LogP contribution in [0.4, 0.5) is 16.5 Å². The van der Waals surface area contributed by atoms with Gasteiger partial charge < -0.3 is 19.9 Å². The molecular weight excluding hydrogens is 368 g/mol. The summed E-state index contributed by atoms with van der Waals surface area (Å²) in [6.45, 7) is 7.44. The number of aromatic nitrogens is 1. The molecule has 0 spiro atoms. The van der Waals surface area contributed by atoms with Crippen molar-refractivity contribution in [2.24, 2.45) is 0 Å². The van der Waals surface area contributed by atoms with Gasteiger partial charge in [0.1, 0.15) is 18.0 Å². The highest BCUT2D eigenvalue weighted by Gasteiger charge is 2.21. The minimum absolute atomic E-state index is 0.920. The van der Waals surface area contributed by atoms with Gasteiger partial charge in [-0.1, -0.05) is 23.8 Å². The topological polar surface area (TPSA) is 41.8 Å². The third-order valence-corrected chi connectivity index (χ3v) is 5.98. The van der Waals surface area contributed by atoms with Gasteiger partial charge in [-0.05, 0) is 31.2 Å². The number of benzene rings is 2. The smallest absolute Gasteiger partial charge is 0.187 e. The maximum Gasteiger partial charge on any atom is 0.187 e. The van der Waals surface area contributed by atoms with Crippen molar-refractivity contribution in [3.8, 4) is 5.75 Å². The number of rotatable bonds is 6. The standard InChI is InChI=1S/C22H26N4OS/c1-17-6-8-18(9-7-17)23-22-24-19(16-28-22)15-25-10-12-26(13-11-25)20-4-3-5-21(14-20)27-2/h3-9,14,16H,10-13,15H2,1-2H3,(H,23,24)/p+1. The largest absolute Gasteiger partial charge is 0.497 e. The van der Waals surface area contributed by atoms with Gasteiger partial charge in [0.2, 0.25) is 0 Å². The van der Waals surface area contributed by atoms with E-state index in [2.05, 4.69) is 65.0 Å². The average Bonchev–Trinajstić information content (AvgIpc) is 3.17. The number of ether oxygens (including phenoxy) is 1. The zero-order valence-electron chi connectivity index (χ0n) is 16.4. The monoisotopic (exact) mass is 395 g/mol. The van der Waals surface area contributed by atoms with Gasteiger partial charge in [0.05, 0.1) is 33.3 Å². The Kier molecular flexibility index (Phi) is 5.78. The zero-order valence-corrected chi connectivity index (χ0v) is 17.3. The lowest BCUT2D eigenvalue weighted by molar-refractivity contribution is -0.914. The molecule has 146 valence electrons. The van der Waals surface area contributed by atoms with E-state index in [1.54, 1.807) is 23.3 Å². The zero-order chi connectivity index (χ0) is 19.3. The third kappa shape index (κ3) is 4.64. The summed E-state index contributed by atoms with van der Waals surface area (Å²) in [5.74, 6) is 0.920. The summed E-state index contributed by atoms with van der Waals surface area (Å²) in [6.07, 6.45) is 0. The van der Waals surface area contributed by atoms with E-state index in [-0.39, 0.29) is 0 Å². The molecule has 2 N–H and O–H groups in total. The summed E-state index contributed by atoms with van der Waals surface area (Å²) >= 11 is 1.68. The van der Waals surface area contributed by atoms with Gasteiger partial charge in [-0.2, -0.15) is 0 Å². The lowest BCUT2D eigenvalue weighted by atomic mass is 10.2. The highest BCUT2D eigenvalue weighted by Crippen LogP contribution is 2.22. The Bertz CT molecular complexity index is 901. The highest BCUT2D eigenvalue weighted by atomic mass is 32.1. The number of hydrogen-bond acceptors (Lipinski definition) is 5. The highest BCUT2D eigenvalue weighted by molar-refractivity contribution is 7.13. The van der Waals surface area contributed by atoms with E-state index in [4.69, 9.17) is 9.72 Å². The van der Waals surface area contributed by atoms with Crippen molar-refractivity contribution in [3.05, 3.63) is 65.2 Å². The van der Waals surface area contributed by atoms with Gasteiger partial charge in [0, 0.05) is 22.8 Å². The molecule has 1 saturated heterocycles. The summed E-state index contributed by atoms with van der Waals surface area (Å²) in [5, 5.41) is 6.55. The molecule has 2 heterocycles. The van der Waals surface area contributed by atoms with E-state index < -0.39 is 0 Å². The molecule has 0 aliphatic carbocycles. The van der Waals surface area contributed by atoms with Crippen molar-refractivity contribution < 1.29 is 9.64 Å². The van der Waals surface area contributed by atoms with Gasteiger partial charge in [-0.25, -0.2) is 4.98 Å². The van der Waals surface area contributed by atoms with Crippen LogP contribution >= 0.6 is 11.3 Å². The van der Waals surface area contributed by atoms with E-state index >= 15 is 0 Å². The maximum atomic E-state index is 5.35. The molecule has 2 aromatic carbocycles. The van der Waals surface area contributed by atoms with E-state index in [0.29, 0.717) is 0 Å². The number of nitrogens with one attached hydrogen (secondary N) is 2. The summed E-state index contributed by atoms with van der Waals surface area (Å²) in [7, 11) is 1.72. The van der Waals surface area contributed by atoms with Crippen molar-refractivity contribution in [1.29, 1.82) is 0 Å². The fourth-order valence-corrected chi connectivity index (χ4v) is 4.26. The Morgan fingerprint density at radius 1 is 1.14 bits per heavy atom. The molecule has 0 amide bonds. The van der Waals surface area contributed by atoms with Crippen LogP contribution in [0.3, 0.4) is 0 Å². The molecule has 0 saturated carbocycles. The molecule has 3 aromatic rings. The second kappa shape index (κ2) is 8.63. The van der Waals surface area contributed by atoms with Crippen molar-refractivity contribution in [2.75, 3.05) is 43.5 Å². The van der Waals surface area contributed by atoms with E-state index in [0.717, 1.165) is 49.3 Å². The number of aryl methyl sites for hydroxylation is 1. The van der Waals surface area contributed by atoms with Crippen LogP contribution in [0.1, 0.15) is 11.3 Å². The Balaban J connectivity index is 1.30. The van der Waals surface area contributed by atoms with Crippen molar-refractivity contribution in [2.45, 2.75) is 13.5 Å². The molecule has 1 aliphatic rings. The Morgan fingerprint density at radius 3 is 2.68 bits per heavy atom. The van der Waals surface area contributed by atoms with Gasteiger partial charge >= 0.3 is 0 Å². The van der Waals surface area contributed by atoms with Crippen LogP contribution in [-0.4, -0.2) is 38.3 Å². The maximum absolute atomic E-state index is 5.35. The molecule has 5 nitrogen and oxygen atoms in total. The van der Waals surface area contributed by atoms with Crippen LogP contribution in [0.25, 0.3) is 0 Å². The van der Waals surface area contributed by atoms with Gasteiger partial charge in [0.15, 0.2) is 5.13 Å². The Morgan fingerprint density at radius 2 is 1.93 bits per heavy atom. The first-order valence-corrected chi connectivity index (χ1v) is 10.6. The third-order valence-electron chi connectivity index (χ3n) is 5.17. The van der Waals surface area contributed by atoms with Gasteiger partial charge in [0.25, 0.3) is 0 Å². The Labute approximate surface area is 170 Å². The quantitative estimate of drug-likeness (QED) is 0.673. The fourth-order valence-electron chi connectivity index (χ4n) is 3.53. The number of hydrogen-bond donors (Lipinski definition) is 2. The molecule has 0 radical (unpaired) electrons. The first-order valence-electron chi connectivity index (χ1n) is 9.70. The molecule has 28 heavy (non-hydrogen) atoms. The number of methoxy groups -OCH3 is 1. The number of anilines is 3. The van der Waals surface area contributed by atoms with Crippen LogP contribution < -0.4 is 19.9 Å². The molecular formula is C22H27N4OS+. The van der Waals surface area contributed by atoms with Crippen molar-refractivity contribution in [1.82, 2.24) is 4.98 Å². The van der Waals surface area contributed by atoms with Crippen LogP contribution in [-0.2, 0) is 6.54 Å². The number of nitrogens with zero attached hydrogens (tertiary/aromatic N) is 2. The van der Waals surface area contributed by atoms with Crippen molar-refractivity contribution >= 4 is 27.8 Å². The predicted molar refractivity (Wildman–Crippen MR) is 116 cm³/mol. The summed E-state index contributed by atoms with van der Waals surface area (Å²) in [5.41, 5.74) is 4.77. The van der Waals surface area contributed by atoms with E-state index in [9.17, 15) is 0 Å². The van der Waals surface area contributed by atoms with Gasteiger partial charge in [-0.15, -0.1) is 11.3 Å². The molecule has 1 aliphatic heterocycles. The fraction of sp³-hybridized carbons (Fsp3) is 0.318. The molecule has 1 fully saturated rings. The number of quaternary nitrogens is 1. The normalized spacial score (nSPS) is 14.9. The first-order chi connectivity index (χ1) is 13.7. The number of piperazine rings is 1. The predicted octanol–water partition coefficient (Wildman–Crippen LogP) is 3.11. The second-order valence-electron chi connectivity index (χ2n) is 7.25. The Hall–Kier alpha value is -2.57. The molecule has 0 unspecified atom stereocenters. The molecule has 0 atom stereocenters. The first kappa shape index (κ1) is 18.8. The number of thiazole rings is 1. The molecule has 4 rings (SSSR count). The summed E-state index contributed by atoms with van der Waals surface area (Å²) in [6, 6.07) is 16.8. The minimum atomic E-state index is 0.920. The minimum Gasteiger partial charge on any atom is -0.497 e. The van der Waals surface area contributed by atoms with Crippen LogP contribution in [0, 0.1) is 6.92 Å². The lowest BCUT2D eigenvalue weighted by Gasteiger charge is -2.33. The van der Waals surface area contributed by atoms with E-state index in [1.807, 2.05) is 6.07 Å². The molecule has 6 heteroatoms. The second-order valence-corrected chi connectivity index (χ2v) is 8.11. The van der Waals surface area contributed by atoms with Crippen LogP contribution in [0.5, 0.6) is 5.75 Å². The van der Waals surface area contributed by atoms with E-state index in [1.165, 1.54) is 16.9 Å².